The molecule has 1 rings (SSSR count). The first-order chi connectivity index (χ1) is 7.10. The summed E-state index contributed by atoms with van der Waals surface area (Å²) >= 11 is 0. The third-order valence-electron chi connectivity index (χ3n) is 2.03. The molecule has 0 bridgehead atoms. The number of halogens is 1. The average Bonchev–Trinajstić information content (AvgIpc) is 2.17. The van der Waals surface area contributed by atoms with E-state index in [0.717, 1.165) is 0 Å². The average molecular weight is 212 g/mol. The zero-order valence-corrected chi connectivity index (χ0v) is 8.96. The van der Waals surface area contributed by atoms with Gasteiger partial charge in [-0.3, -0.25) is 4.79 Å². The van der Waals surface area contributed by atoms with E-state index in [2.05, 4.69) is 0 Å². The number of hydrogen-bond acceptors (Lipinski definition) is 3. The fourth-order valence-electron chi connectivity index (χ4n) is 1.34. The molecule has 0 aliphatic carbocycles. The number of carbonyl (C=O) groups excluding carboxylic acids is 1. The molecule has 0 unspecified atom stereocenters. The molecule has 0 N–H and O–H groups in total. The van der Waals surface area contributed by atoms with Crippen LogP contribution < -0.4 is 4.74 Å². The standard InChI is InChI=1S/C11H13FO3/c1-7(13)8-4-9(6-14-2)11(15-3)10(12)5-8/h4-5H,6H2,1-3H3. The van der Waals surface area contributed by atoms with Crippen LogP contribution in [-0.2, 0) is 11.3 Å². The molecule has 0 fully saturated rings. The van der Waals surface area contributed by atoms with Crippen LogP contribution in [0.2, 0.25) is 0 Å². The van der Waals surface area contributed by atoms with E-state index in [1.807, 2.05) is 0 Å². The maximum Gasteiger partial charge on any atom is 0.166 e. The second-order valence-corrected chi connectivity index (χ2v) is 3.14. The summed E-state index contributed by atoms with van der Waals surface area (Å²) in [5.74, 6) is -0.604. The Labute approximate surface area is 87.8 Å². The first kappa shape index (κ1) is 11.7. The van der Waals surface area contributed by atoms with Crippen molar-refractivity contribution in [2.75, 3.05) is 14.2 Å². The highest BCUT2D eigenvalue weighted by Gasteiger charge is 2.13. The normalized spacial score (nSPS) is 10.1. The number of hydrogen-bond donors (Lipinski definition) is 0. The van der Waals surface area contributed by atoms with Crippen molar-refractivity contribution in [2.45, 2.75) is 13.5 Å². The van der Waals surface area contributed by atoms with Gasteiger partial charge in [0.25, 0.3) is 0 Å². The van der Waals surface area contributed by atoms with E-state index in [4.69, 9.17) is 9.47 Å². The van der Waals surface area contributed by atoms with Gasteiger partial charge in [-0.05, 0) is 19.1 Å². The second kappa shape index (κ2) is 4.89. The SMILES string of the molecule is COCc1cc(C(C)=O)cc(F)c1OC. The Morgan fingerprint density at radius 3 is 2.53 bits per heavy atom. The van der Waals surface area contributed by atoms with E-state index in [0.29, 0.717) is 11.1 Å². The molecule has 0 aromatic heterocycles. The summed E-state index contributed by atoms with van der Waals surface area (Å²) in [7, 11) is 2.88. The quantitative estimate of drug-likeness (QED) is 0.717. The highest BCUT2D eigenvalue weighted by atomic mass is 19.1. The molecule has 0 amide bonds. The van der Waals surface area contributed by atoms with Gasteiger partial charge in [-0.1, -0.05) is 0 Å². The molecular weight excluding hydrogens is 199 g/mol. The number of benzene rings is 1. The van der Waals surface area contributed by atoms with Crippen LogP contribution in [0.4, 0.5) is 4.39 Å². The van der Waals surface area contributed by atoms with E-state index in [1.165, 1.54) is 27.2 Å². The smallest absolute Gasteiger partial charge is 0.166 e. The van der Waals surface area contributed by atoms with Crippen molar-refractivity contribution in [1.29, 1.82) is 0 Å². The molecule has 1 aromatic rings. The lowest BCUT2D eigenvalue weighted by Crippen LogP contribution is -2.01. The van der Waals surface area contributed by atoms with Gasteiger partial charge in [-0.2, -0.15) is 0 Å². The summed E-state index contributed by atoms with van der Waals surface area (Å²) in [5.41, 5.74) is 0.852. The van der Waals surface area contributed by atoms with E-state index in [-0.39, 0.29) is 18.1 Å². The largest absolute Gasteiger partial charge is 0.493 e. The minimum Gasteiger partial charge on any atom is -0.493 e. The molecule has 0 saturated heterocycles. The van der Waals surface area contributed by atoms with Crippen LogP contribution in [0.15, 0.2) is 12.1 Å². The zero-order chi connectivity index (χ0) is 11.4. The Morgan fingerprint density at radius 1 is 1.40 bits per heavy atom. The van der Waals surface area contributed by atoms with Crippen molar-refractivity contribution < 1.29 is 18.7 Å². The van der Waals surface area contributed by atoms with E-state index in [9.17, 15) is 9.18 Å². The number of rotatable bonds is 4. The Morgan fingerprint density at radius 2 is 2.07 bits per heavy atom. The molecule has 0 aliphatic rings. The van der Waals surface area contributed by atoms with Crippen LogP contribution in [0.25, 0.3) is 0 Å². The number of ether oxygens (including phenoxy) is 2. The molecule has 0 saturated carbocycles. The summed E-state index contributed by atoms with van der Waals surface area (Å²) in [6, 6.07) is 2.74. The minimum atomic E-state index is -0.544. The van der Waals surface area contributed by atoms with E-state index >= 15 is 0 Å². The monoisotopic (exact) mass is 212 g/mol. The fourth-order valence-corrected chi connectivity index (χ4v) is 1.34. The van der Waals surface area contributed by atoms with Gasteiger partial charge in [0.05, 0.1) is 13.7 Å². The van der Waals surface area contributed by atoms with Crippen LogP contribution in [0.5, 0.6) is 5.75 Å². The molecule has 0 spiro atoms. The molecule has 0 radical (unpaired) electrons. The van der Waals surface area contributed by atoms with Crippen molar-refractivity contribution in [1.82, 2.24) is 0 Å². The van der Waals surface area contributed by atoms with Crippen molar-refractivity contribution in [3.8, 4) is 5.75 Å². The molecule has 82 valence electrons. The summed E-state index contributed by atoms with van der Waals surface area (Å²) < 4.78 is 23.3. The summed E-state index contributed by atoms with van der Waals surface area (Å²) in [5, 5.41) is 0. The number of Topliss-reactive ketones (excluding diaryl/α,β-unsaturated/α-hetero) is 1. The Balaban J connectivity index is 3.25. The van der Waals surface area contributed by atoms with E-state index in [1.54, 1.807) is 6.07 Å². The van der Waals surface area contributed by atoms with Gasteiger partial charge in [0.15, 0.2) is 17.3 Å². The molecule has 3 nitrogen and oxygen atoms in total. The molecule has 1 aromatic carbocycles. The predicted octanol–water partition coefficient (Wildman–Crippen LogP) is 2.18. The van der Waals surface area contributed by atoms with Crippen LogP contribution in [0, 0.1) is 5.82 Å². The van der Waals surface area contributed by atoms with Gasteiger partial charge in [0.2, 0.25) is 0 Å². The first-order valence-corrected chi connectivity index (χ1v) is 4.46. The molecular formula is C11H13FO3. The van der Waals surface area contributed by atoms with Crippen LogP contribution >= 0.6 is 0 Å². The van der Waals surface area contributed by atoms with E-state index < -0.39 is 5.82 Å². The highest BCUT2D eigenvalue weighted by molar-refractivity contribution is 5.94. The highest BCUT2D eigenvalue weighted by Crippen LogP contribution is 2.25. The molecule has 4 heteroatoms. The maximum atomic E-state index is 13.5. The lowest BCUT2D eigenvalue weighted by molar-refractivity contribution is 0.101. The minimum absolute atomic E-state index is 0.127. The van der Waals surface area contributed by atoms with Crippen LogP contribution in [0.1, 0.15) is 22.8 Å². The third-order valence-corrected chi connectivity index (χ3v) is 2.03. The molecule has 0 atom stereocenters. The topological polar surface area (TPSA) is 35.5 Å². The Hall–Kier alpha value is -1.42. The first-order valence-electron chi connectivity index (χ1n) is 4.46. The molecule has 15 heavy (non-hydrogen) atoms. The summed E-state index contributed by atoms with van der Waals surface area (Å²) in [6.07, 6.45) is 0. The van der Waals surface area contributed by atoms with Gasteiger partial charge < -0.3 is 9.47 Å². The summed E-state index contributed by atoms with van der Waals surface area (Å²) in [4.78, 5) is 11.1. The number of carbonyl (C=O) groups is 1. The van der Waals surface area contributed by atoms with Crippen molar-refractivity contribution >= 4 is 5.78 Å². The van der Waals surface area contributed by atoms with Crippen LogP contribution in [0.3, 0.4) is 0 Å². The number of methoxy groups -OCH3 is 2. The lowest BCUT2D eigenvalue weighted by Gasteiger charge is -2.10. The van der Waals surface area contributed by atoms with Gasteiger partial charge >= 0.3 is 0 Å². The Kier molecular flexibility index (Phi) is 3.80. The van der Waals surface area contributed by atoms with Gasteiger partial charge in [0.1, 0.15) is 0 Å². The zero-order valence-electron chi connectivity index (χ0n) is 8.96. The fraction of sp³-hybridized carbons (Fsp3) is 0.364. The molecule has 0 aliphatic heterocycles. The van der Waals surface area contributed by atoms with Crippen molar-refractivity contribution in [2.24, 2.45) is 0 Å². The van der Waals surface area contributed by atoms with Crippen molar-refractivity contribution in [3.63, 3.8) is 0 Å². The number of ketones is 1. The maximum absolute atomic E-state index is 13.5. The van der Waals surface area contributed by atoms with Gasteiger partial charge in [0, 0.05) is 18.2 Å². The summed E-state index contributed by atoms with van der Waals surface area (Å²) in [6.45, 7) is 1.60. The van der Waals surface area contributed by atoms with Gasteiger partial charge in [-0.25, -0.2) is 4.39 Å². The third kappa shape index (κ3) is 2.53. The predicted molar refractivity (Wildman–Crippen MR) is 53.7 cm³/mol. The lowest BCUT2D eigenvalue weighted by atomic mass is 10.1. The van der Waals surface area contributed by atoms with Crippen LogP contribution in [-0.4, -0.2) is 20.0 Å². The Bertz CT molecular complexity index is 374. The van der Waals surface area contributed by atoms with Gasteiger partial charge in [-0.15, -0.1) is 0 Å². The van der Waals surface area contributed by atoms with Crippen molar-refractivity contribution in [3.05, 3.63) is 29.1 Å². The molecule has 0 heterocycles. The second-order valence-electron chi connectivity index (χ2n) is 3.14.